The molecule has 2 saturated heterocycles. The number of H-pyrrole nitrogens is 1. The second kappa shape index (κ2) is 6.19. The van der Waals surface area contributed by atoms with Crippen molar-refractivity contribution < 1.29 is 9.53 Å². The molecule has 25 heavy (non-hydrogen) atoms. The number of imidazole rings is 1. The van der Waals surface area contributed by atoms with Gasteiger partial charge >= 0.3 is 5.69 Å². The fourth-order valence-corrected chi connectivity index (χ4v) is 3.99. The van der Waals surface area contributed by atoms with Gasteiger partial charge in [0.25, 0.3) is 5.91 Å². The summed E-state index contributed by atoms with van der Waals surface area (Å²) in [5.74, 6) is 0.00846. The molecule has 1 N–H and O–H groups in total. The molecule has 6 nitrogen and oxygen atoms in total. The Bertz CT molecular complexity index is 846. The van der Waals surface area contributed by atoms with Gasteiger partial charge in [0.2, 0.25) is 0 Å². The van der Waals surface area contributed by atoms with Crippen LogP contribution >= 0.6 is 0 Å². The van der Waals surface area contributed by atoms with Crippen LogP contribution in [0.4, 0.5) is 0 Å². The van der Waals surface area contributed by atoms with Gasteiger partial charge < -0.3 is 14.6 Å². The lowest BCUT2D eigenvalue weighted by atomic mass is 9.93. The number of rotatable bonds is 2. The molecule has 2 aliphatic rings. The third kappa shape index (κ3) is 2.91. The maximum Gasteiger partial charge on any atom is 0.330 e. The molecule has 2 aromatic rings. The minimum atomic E-state index is -0.196. The van der Waals surface area contributed by atoms with Crippen molar-refractivity contribution in [1.29, 1.82) is 0 Å². The van der Waals surface area contributed by atoms with Gasteiger partial charge in [-0.25, -0.2) is 4.79 Å². The topological polar surface area (TPSA) is 67.3 Å². The lowest BCUT2D eigenvalue weighted by Gasteiger charge is -2.33. The number of hydrogen-bond donors (Lipinski definition) is 1. The summed E-state index contributed by atoms with van der Waals surface area (Å²) < 4.78 is 7.59. The Kier molecular flexibility index (Phi) is 4.00. The third-order valence-corrected chi connectivity index (χ3v) is 5.35. The van der Waals surface area contributed by atoms with E-state index < -0.39 is 0 Å². The van der Waals surface area contributed by atoms with Crippen LogP contribution in [-0.4, -0.2) is 45.7 Å². The van der Waals surface area contributed by atoms with E-state index in [-0.39, 0.29) is 17.2 Å². The molecule has 2 fully saturated rings. The molecule has 0 bridgehead atoms. The number of aromatic nitrogens is 2. The predicted octanol–water partition coefficient (Wildman–Crippen LogP) is 2.26. The van der Waals surface area contributed by atoms with E-state index in [2.05, 4.69) is 4.98 Å². The minimum absolute atomic E-state index is 0.00846. The number of carbonyl (C=O) groups excluding carboxylic acids is 1. The van der Waals surface area contributed by atoms with Crippen molar-refractivity contribution in [3.05, 3.63) is 52.2 Å². The molecule has 1 amide bonds. The van der Waals surface area contributed by atoms with E-state index in [0.29, 0.717) is 17.8 Å². The first-order valence-corrected chi connectivity index (χ1v) is 8.89. The average Bonchev–Trinajstić information content (AvgIpc) is 3.18. The molecule has 1 aromatic carbocycles. The van der Waals surface area contributed by atoms with Gasteiger partial charge in [-0.3, -0.25) is 9.36 Å². The number of hydrogen-bond acceptors (Lipinski definition) is 3. The average molecular weight is 341 g/mol. The first-order chi connectivity index (χ1) is 12.1. The van der Waals surface area contributed by atoms with Gasteiger partial charge in [0.15, 0.2) is 0 Å². The summed E-state index contributed by atoms with van der Waals surface area (Å²) in [5, 5.41) is 0. The molecule has 0 radical (unpaired) electrons. The maximum atomic E-state index is 12.9. The predicted molar refractivity (Wildman–Crippen MR) is 94.2 cm³/mol. The van der Waals surface area contributed by atoms with E-state index in [4.69, 9.17) is 4.74 Å². The number of likely N-dealkylation sites (tertiary alicyclic amines) is 1. The van der Waals surface area contributed by atoms with Crippen molar-refractivity contribution in [2.24, 2.45) is 0 Å². The van der Waals surface area contributed by atoms with Crippen LogP contribution < -0.4 is 5.69 Å². The molecular weight excluding hydrogens is 318 g/mol. The van der Waals surface area contributed by atoms with Crippen LogP contribution in [0.2, 0.25) is 0 Å². The van der Waals surface area contributed by atoms with Gasteiger partial charge in [-0.05, 0) is 50.8 Å². The van der Waals surface area contributed by atoms with Crippen molar-refractivity contribution >= 4 is 5.91 Å². The molecular formula is C19H23N3O3. The number of carbonyl (C=O) groups is 1. The number of aromatic amines is 1. The summed E-state index contributed by atoms with van der Waals surface area (Å²) in [5.41, 5.74) is 1.79. The highest BCUT2D eigenvalue weighted by Crippen LogP contribution is 2.34. The summed E-state index contributed by atoms with van der Waals surface area (Å²) in [6.45, 7) is 4.05. The highest BCUT2D eigenvalue weighted by atomic mass is 16.5. The van der Waals surface area contributed by atoms with Crippen LogP contribution in [0.3, 0.4) is 0 Å². The Labute approximate surface area is 146 Å². The van der Waals surface area contributed by atoms with E-state index in [1.165, 1.54) is 6.42 Å². The summed E-state index contributed by atoms with van der Waals surface area (Å²) in [6.07, 6.45) is 5.90. The summed E-state index contributed by atoms with van der Waals surface area (Å²) in [4.78, 5) is 29.5. The fraction of sp³-hybridized carbons (Fsp3) is 0.474. The van der Waals surface area contributed by atoms with Gasteiger partial charge in [0.1, 0.15) is 0 Å². The minimum Gasteiger partial charge on any atom is -0.373 e. The van der Waals surface area contributed by atoms with Gasteiger partial charge in [0.05, 0.1) is 17.8 Å². The Morgan fingerprint density at radius 3 is 2.88 bits per heavy atom. The zero-order chi connectivity index (χ0) is 17.4. The molecule has 4 rings (SSSR count). The first kappa shape index (κ1) is 16.1. The Balaban J connectivity index is 1.57. The Morgan fingerprint density at radius 2 is 2.16 bits per heavy atom. The molecule has 2 aliphatic heterocycles. The second-order valence-electron chi connectivity index (χ2n) is 7.09. The monoisotopic (exact) mass is 341 g/mol. The first-order valence-electron chi connectivity index (χ1n) is 8.89. The largest absolute Gasteiger partial charge is 0.373 e. The number of benzene rings is 1. The van der Waals surface area contributed by atoms with Crippen LogP contribution in [0.1, 0.15) is 41.7 Å². The van der Waals surface area contributed by atoms with Crippen LogP contribution in [0.15, 0.2) is 35.3 Å². The number of aryl methyl sites for hydroxylation is 1. The molecule has 1 spiro atoms. The van der Waals surface area contributed by atoms with Gasteiger partial charge in [-0.1, -0.05) is 6.07 Å². The van der Waals surface area contributed by atoms with Crippen LogP contribution in [0.5, 0.6) is 0 Å². The number of amides is 1. The second-order valence-corrected chi connectivity index (χ2v) is 7.09. The van der Waals surface area contributed by atoms with Crippen molar-refractivity contribution in [1.82, 2.24) is 14.5 Å². The molecule has 6 heteroatoms. The molecule has 0 aliphatic carbocycles. The van der Waals surface area contributed by atoms with Crippen LogP contribution in [0, 0.1) is 6.92 Å². The number of nitrogens with zero attached hydrogens (tertiary/aromatic N) is 2. The van der Waals surface area contributed by atoms with E-state index in [9.17, 15) is 9.59 Å². The fourth-order valence-electron chi connectivity index (χ4n) is 3.99. The van der Waals surface area contributed by atoms with Crippen molar-refractivity contribution in [3.8, 4) is 5.69 Å². The smallest absolute Gasteiger partial charge is 0.330 e. The molecule has 3 heterocycles. The zero-order valence-electron chi connectivity index (χ0n) is 14.5. The lowest BCUT2D eigenvalue weighted by molar-refractivity contribution is -0.0682. The Morgan fingerprint density at radius 1 is 1.28 bits per heavy atom. The van der Waals surface area contributed by atoms with Crippen molar-refractivity contribution in [2.75, 3.05) is 19.7 Å². The van der Waals surface area contributed by atoms with Crippen molar-refractivity contribution in [2.45, 2.75) is 38.2 Å². The van der Waals surface area contributed by atoms with Gasteiger partial charge in [-0.15, -0.1) is 0 Å². The Hall–Kier alpha value is -2.34. The third-order valence-electron chi connectivity index (χ3n) is 5.35. The maximum absolute atomic E-state index is 12.9. The lowest BCUT2D eigenvalue weighted by Crippen LogP contribution is -2.40. The normalized spacial score (nSPS) is 23.3. The van der Waals surface area contributed by atoms with E-state index in [1.54, 1.807) is 16.8 Å². The molecule has 1 atom stereocenters. The van der Waals surface area contributed by atoms with E-state index in [0.717, 1.165) is 38.1 Å². The van der Waals surface area contributed by atoms with E-state index in [1.807, 2.05) is 30.0 Å². The zero-order valence-corrected chi connectivity index (χ0v) is 14.5. The standard InChI is InChI=1S/C19H23N3O3/c1-14-12-20-18(24)22(14)16-6-4-5-15(11-16)17(23)21-9-8-19(13-21)7-2-3-10-25-19/h4-6,11-12H,2-3,7-10,13H2,1H3,(H,20,24). The number of ether oxygens (including phenoxy) is 1. The highest BCUT2D eigenvalue weighted by Gasteiger charge is 2.42. The molecule has 132 valence electrons. The molecule has 1 unspecified atom stereocenters. The SMILES string of the molecule is Cc1c[nH]c(=O)n1-c1cccc(C(=O)N2CCC3(CCCCO3)C2)c1. The summed E-state index contributed by atoms with van der Waals surface area (Å²) in [6, 6.07) is 7.27. The molecule has 0 saturated carbocycles. The van der Waals surface area contributed by atoms with Crippen LogP contribution in [0.25, 0.3) is 5.69 Å². The van der Waals surface area contributed by atoms with Crippen LogP contribution in [-0.2, 0) is 4.74 Å². The summed E-state index contributed by atoms with van der Waals surface area (Å²) in [7, 11) is 0. The van der Waals surface area contributed by atoms with E-state index >= 15 is 0 Å². The van der Waals surface area contributed by atoms with Crippen molar-refractivity contribution in [3.63, 3.8) is 0 Å². The van der Waals surface area contributed by atoms with Gasteiger partial charge in [0, 0.05) is 30.6 Å². The summed E-state index contributed by atoms with van der Waals surface area (Å²) >= 11 is 0. The molecule has 1 aromatic heterocycles. The highest BCUT2D eigenvalue weighted by molar-refractivity contribution is 5.95. The van der Waals surface area contributed by atoms with Gasteiger partial charge in [-0.2, -0.15) is 0 Å². The number of nitrogens with one attached hydrogen (secondary N) is 1. The quantitative estimate of drug-likeness (QED) is 0.911.